The molecular formula is C27H27N3. The van der Waals surface area contributed by atoms with Crippen molar-refractivity contribution in [1.82, 2.24) is 0 Å². The lowest BCUT2D eigenvalue weighted by molar-refractivity contribution is 1.09. The molecule has 150 valence electrons. The third kappa shape index (κ3) is 5.21. The monoisotopic (exact) mass is 393 g/mol. The Hall–Kier alpha value is -3.72. The van der Waals surface area contributed by atoms with E-state index < -0.39 is 0 Å². The molecule has 30 heavy (non-hydrogen) atoms. The summed E-state index contributed by atoms with van der Waals surface area (Å²) in [4.78, 5) is 4.41. The summed E-state index contributed by atoms with van der Waals surface area (Å²) < 4.78 is 0. The van der Waals surface area contributed by atoms with E-state index in [-0.39, 0.29) is 0 Å². The summed E-state index contributed by atoms with van der Waals surface area (Å²) in [5, 5.41) is 5.82. The number of hydrazone groups is 1. The van der Waals surface area contributed by atoms with Crippen molar-refractivity contribution < 1.29 is 0 Å². The largest absolute Gasteiger partial charge is 0.267 e. The van der Waals surface area contributed by atoms with E-state index in [9.17, 15) is 0 Å². The van der Waals surface area contributed by atoms with Crippen LogP contribution in [0.4, 0.5) is 5.69 Å². The molecule has 0 aliphatic carbocycles. The number of nitrogens with zero attached hydrogens (tertiary/aromatic N) is 3. The summed E-state index contributed by atoms with van der Waals surface area (Å²) in [6.45, 7) is 13.6. The summed E-state index contributed by atoms with van der Waals surface area (Å²) in [6.07, 6.45) is 4.49. The average Bonchev–Trinajstić information content (AvgIpc) is 2.80. The van der Waals surface area contributed by atoms with Gasteiger partial charge >= 0.3 is 0 Å². The molecule has 0 amide bonds. The molecule has 0 radical (unpaired) electrons. The van der Waals surface area contributed by atoms with E-state index in [2.05, 4.69) is 90.6 Å². The fourth-order valence-corrected chi connectivity index (χ4v) is 3.25. The number of amidine groups is 1. The van der Waals surface area contributed by atoms with Gasteiger partial charge in [-0.2, -0.15) is 5.10 Å². The van der Waals surface area contributed by atoms with Crippen LogP contribution in [-0.4, -0.2) is 19.1 Å². The molecule has 0 heterocycles. The molecule has 3 aromatic rings. The topological polar surface area (TPSA) is 28.0 Å². The van der Waals surface area contributed by atoms with Crippen molar-refractivity contribution in [1.29, 1.82) is 0 Å². The molecule has 0 spiro atoms. The van der Waals surface area contributed by atoms with E-state index in [1.807, 2.05) is 25.1 Å². The molecule has 3 rings (SSSR count). The van der Waals surface area contributed by atoms with Crippen LogP contribution < -0.4 is 5.01 Å². The van der Waals surface area contributed by atoms with Crippen LogP contribution in [0.15, 0.2) is 102 Å². The Bertz CT molecular complexity index is 1030. The summed E-state index contributed by atoms with van der Waals surface area (Å²) in [6, 6.07) is 25.5. The minimum atomic E-state index is 0.560. The van der Waals surface area contributed by atoms with Crippen LogP contribution in [0.3, 0.4) is 0 Å². The van der Waals surface area contributed by atoms with Crippen molar-refractivity contribution in [3.8, 4) is 11.1 Å². The van der Waals surface area contributed by atoms with Gasteiger partial charge in [-0.15, -0.1) is 6.58 Å². The lowest BCUT2D eigenvalue weighted by Gasteiger charge is -2.18. The Balaban J connectivity index is 1.69. The summed E-state index contributed by atoms with van der Waals surface area (Å²) in [5.74, 6) is 0.786. The molecule has 0 saturated heterocycles. The molecule has 3 aromatic carbocycles. The number of aliphatic imine (C=N–C) groups is 1. The lowest BCUT2D eigenvalue weighted by atomic mass is 9.99. The van der Waals surface area contributed by atoms with Crippen molar-refractivity contribution in [2.45, 2.75) is 13.3 Å². The van der Waals surface area contributed by atoms with Crippen LogP contribution in [0.5, 0.6) is 0 Å². The van der Waals surface area contributed by atoms with Crippen molar-refractivity contribution in [3.63, 3.8) is 0 Å². The molecule has 0 aliphatic heterocycles. The highest BCUT2D eigenvalue weighted by Crippen LogP contribution is 2.23. The Kier molecular flexibility index (Phi) is 7.12. The van der Waals surface area contributed by atoms with Gasteiger partial charge in [0.1, 0.15) is 5.84 Å². The van der Waals surface area contributed by atoms with Crippen molar-refractivity contribution in [2.24, 2.45) is 10.1 Å². The maximum atomic E-state index is 4.41. The first-order valence-electron chi connectivity index (χ1n) is 9.94. The summed E-state index contributed by atoms with van der Waals surface area (Å²) in [5.41, 5.74) is 7.01. The van der Waals surface area contributed by atoms with Gasteiger partial charge in [-0.25, -0.2) is 5.01 Å². The fourth-order valence-electron chi connectivity index (χ4n) is 3.25. The van der Waals surface area contributed by atoms with Gasteiger partial charge in [0.2, 0.25) is 0 Å². The van der Waals surface area contributed by atoms with E-state index in [1.165, 1.54) is 22.3 Å². The molecule has 0 saturated carbocycles. The molecule has 0 N–H and O–H groups in total. The summed E-state index contributed by atoms with van der Waals surface area (Å²) >= 11 is 0. The molecule has 0 atom stereocenters. The molecule has 0 unspecified atom stereocenters. The van der Waals surface area contributed by atoms with Crippen LogP contribution >= 0.6 is 0 Å². The number of hydrogen-bond donors (Lipinski definition) is 0. The standard InChI is InChI=1S/C27H27N3/c1-5-19-29-21(3)30(28-4)27-17-11-24(12-18-27)20-23-9-15-26(16-10-23)25-13-7-22(6-2)8-14-25/h5-18H,1-2,4,19-20H2,3H3/b29-21-. The van der Waals surface area contributed by atoms with Crippen molar-refractivity contribution in [3.05, 3.63) is 109 Å². The Morgan fingerprint density at radius 2 is 1.37 bits per heavy atom. The van der Waals surface area contributed by atoms with Crippen LogP contribution in [0.25, 0.3) is 17.2 Å². The lowest BCUT2D eigenvalue weighted by Crippen LogP contribution is -2.22. The third-order valence-electron chi connectivity index (χ3n) is 4.92. The number of anilines is 1. The molecule has 0 bridgehead atoms. The molecule has 0 fully saturated rings. The van der Waals surface area contributed by atoms with Gasteiger partial charge in [-0.1, -0.05) is 79.4 Å². The highest BCUT2D eigenvalue weighted by Gasteiger charge is 2.08. The van der Waals surface area contributed by atoms with Gasteiger partial charge in [0.25, 0.3) is 0 Å². The predicted octanol–water partition coefficient (Wildman–Crippen LogP) is 6.61. The highest BCUT2D eigenvalue weighted by atomic mass is 15.5. The van der Waals surface area contributed by atoms with Gasteiger partial charge in [0, 0.05) is 6.72 Å². The first-order valence-corrected chi connectivity index (χ1v) is 9.94. The normalized spacial score (nSPS) is 11.0. The Morgan fingerprint density at radius 3 is 1.87 bits per heavy atom. The van der Waals surface area contributed by atoms with Gasteiger partial charge in [-0.3, -0.25) is 4.99 Å². The van der Waals surface area contributed by atoms with Crippen LogP contribution in [0.1, 0.15) is 23.6 Å². The average molecular weight is 394 g/mol. The Labute approximate surface area is 179 Å². The molecule has 3 heteroatoms. The summed E-state index contributed by atoms with van der Waals surface area (Å²) in [7, 11) is 0. The first-order chi connectivity index (χ1) is 14.6. The van der Waals surface area contributed by atoms with E-state index in [1.54, 1.807) is 11.1 Å². The van der Waals surface area contributed by atoms with Crippen molar-refractivity contribution in [2.75, 3.05) is 11.6 Å². The number of hydrogen-bond acceptors (Lipinski definition) is 2. The molecular weight excluding hydrogens is 366 g/mol. The molecule has 0 aliphatic rings. The van der Waals surface area contributed by atoms with Gasteiger partial charge in [-0.05, 0) is 53.3 Å². The zero-order valence-corrected chi connectivity index (χ0v) is 17.5. The maximum absolute atomic E-state index is 4.41. The van der Waals surface area contributed by atoms with E-state index in [0.717, 1.165) is 23.5 Å². The minimum Gasteiger partial charge on any atom is -0.267 e. The third-order valence-corrected chi connectivity index (χ3v) is 4.92. The van der Waals surface area contributed by atoms with Crippen LogP contribution in [0.2, 0.25) is 0 Å². The predicted molar refractivity (Wildman–Crippen MR) is 131 cm³/mol. The second-order valence-corrected chi connectivity index (χ2v) is 7.00. The van der Waals surface area contributed by atoms with Crippen LogP contribution in [-0.2, 0) is 6.42 Å². The zero-order chi connectivity index (χ0) is 21.3. The minimum absolute atomic E-state index is 0.560. The second kappa shape index (κ2) is 10.2. The SMILES string of the molecule is C=CC/N=C(/C)N(N=C)c1ccc(Cc2ccc(-c3ccc(C=C)cc3)cc2)cc1. The maximum Gasteiger partial charge on any atom is 0.122 e. The van der Waals surface area contributed by atoms with E-state index >= 15 is 0 Å². The van der Waals surface area contributed by atoms with Gasteiger partial charge < -0.3 is 0 Å². The number of rotatable bonds is 8. The van der Waals surface area contributed by atoms with Gasteiger partial charge in [0.05, 0.1) is 12.2 Å². The molecule has 0 aromatic heterocycles. The van der Waals surface area contributed by atoms with Crippen LogP contribution in [0, 0.1) is 0 Å². The number of benzene rings is 3. The quantitative estimate of drug-likeness (QED) is 0.183. The highest BCUT2D eigenvalue weighted by molar-refractivity contribution is 5.95. The first kappa shape index (κ1) is 21.0. The van der Waals surface area contributed by atoms with E-state index in [0.29, 0.717) is 6.54 Å². The van der Waals surface area contributed by atoms with Gasteiger partial charge in [0.15, 0.2) is 0 Å². The zero-order valence-electron chi connectivity index (χ0n) is 17.5. The van der Waals surface area contributed by atoms with Crippen molar-refractivity contribution >= 4 is 24.3 Å². The smallest absolute Gasteiger partial charge is 0.122 e. The fraction of sp³-hybridized carbons (Fsp3) is 0.111. The second-order valence-electron chi connectivity index (χ2n) is 7.00. The Morgan fingerprint density at radius 1 is 0.833 bits per heavy atom. The van der Waals surface area contributed by atoms with E-state index in [4.69, 9.17) is 0 Å². The molecule has 3 nitrogen and oxygen atoms in total.